The van der Waals surface area contributed by atoms with Gasteiger partial charge in [-0.1, -0.05) is 12.1 Å². The summed E-state index contributed by atoms with van der Waals surface area (Å²) in [6, 6.07) is 9.55. The lowest BCUT2D eigenvalue weighted by molar-refractivity contribution is -0.123. The molecule has 26 heavy (non-hydrogen) atoms. The van der Waals surface area contributed by atoms with Crippen LogP contribution in [-0.2, 0) is 11.2 Å². The van der Waals surface area contributed by atoms with Crippen LogP contribution in [0.15, 0.2) is 36.4 Å². The number of hydrogen-bond acceptors (Lipinski definition) is 2. The molecule has 1 saturated carbocycles. The molecule has 138 valence electrons. The van der Waals surface area contributed by atoms with E-state index in [1.165, 1.54) is 23.8 Å². The van der Waals surface area contributed by atoms with Crippen LogP contribution in [0.1, 0.15) is 47.9 Å². The van der Waals surface area contributed by atoms with Crippen LogP contribution in [0.5, 0.6) is 0 Å². The number of nitrogens with one attached hydrogen (secondary N) is 1. The van der Waals surface area contributed by atoms with Crippen LogP contribution in [0, 0.1) is 17.6 Å². The molecule has 0 heterocycles. The molecule has 0 saturated heterocycles. The second kappa shape index (κ2) is 7.23. The van der Waals surface area contributed by atoms with E-state index >= 15 is 0 Å². The first kappa shape index (κ1) is 18.6. The summed E-state index contributed by atoms with van der Waals surface area (Å²) in [7, 11) is 0. The first-order valence-corrected chi connectivity index (χ1v) is 8.67. The quantitative estimate of drug-likeness (QED) is 0.784. The van der Waals surface area contributed by atoms with Gasteiger partial charge < -0.3 is 11.1 Å². The molecule has 3 N–H and O–H groups in total. The summed E-state index contributed by atoms with van der Waals surface area (Å²) in [5.74, 6) is -1.99. The highest BCUT2D eigenvalue weighted by Gasteiger charge is 2.47. The number of nitrogens with two attached hydrogens (primary N) is 1. The van der Waals surface area contributed by atoms with Crippen molar-refractivity contribution < 1.29 is 13.6 Å². The molecule has 0 spiro atoms. The summed E-state index contributed by atoms with van der Waals surface area (Å²) in [6.45, 7) is 0. The van der Waals surface area contributed by atoms with E-state index in [-0.39, 0.29) is 41.8 Å². The van der Waals surface area contributed by atoms with Gasteiger partial charge in [0.1, 0.15) is 11.6 Å². The predicted molar refractivity (Wildman–Crippen MR) is 99.1 cm³/mol. The molecule has 2 aromatic carbocycles. The number of fused-ring (bicyclic) bond motifs is 1. The van der Waals surface area contributed by atoms with Crippen LogP contribution in [0.4, 0.5) is 14.5 Å². The molecule has 0 bridgehead atoms. The Morgan fingerprint density at radius 2 is 1.88 bits per heavy atom. The Hall–Kier alpha value is -2.14. The van der Waals surface area contributed by atoms with Gasteiger partial charge in [0.2, 0.25) is 5.91 Å². The fourth-order valence-electron chi connectivity index (χ4n) is 3.93. The molecular weight excluding hydrogens is 358 g/mol. The van der Waals surface area contributed by atoms with Gasteiger partial charge in [-0.2, -0.15) is 0 Å². The Bertz CT molecular complexity index is 822. The average molecular weight is 379 g/mol. The minimum absolute atomic E-state index is 0. The van der Waals surface area contributed by atoms with Crippen LogP contribution in [0.25, 0.3) is 0 Å². The summed E-state index contributed by atoms with van der Waals surface area (Å²) in [5, 5.41) is 3.07. The number of carbonyl (C=O) groups is 1. The van der Waals surface area contributed by atoms with Crippen molar-refractivity contribution in [3.63, 3.8) is 0 Å². The van der Waals surface area contributed by atoms with Crippen LogP contribution in [0.2, 0.25) is 0 Å². The number of anilines is 1. The van der Waals surface area contributed by atoms with Gasteiger partial charge in [0.15, 0.2) is 0 Å². The van der Waals surface area contributed by atoms with Crippen molar-refractivity contribution in [1.82, 2.24) is 5.32 Å². The lowest BCUT2D eigenvalue weighted by atomic mass is 9.87. The summed E-state index contributed by atoms with van der Waals surface area (Å²) < 4.78 is 27.8. The third kappa shape index (κ3) is 3.40. The molecule has 2 aliphatic carbocycles. The minimum Gasteiger partial charge on any atom is -0.399 e. The number of nitrogen functional groups attached to an aromatic ring is 1. The maximum absolute atomic E-state index is 13.9. The van der Waals surface area contributed by atoms with Gasteiger partial charge in [-0.15, -0.1) is 12.4 Å². The number of amides is 1. The summed E-state index contributed by atoms with van der Waals surface area (Å²) in [4.78, 5) is 12.6. The van der Waals surface area contributed by atoms with E-state index in [4.69, 9.17) is 5.73 Å². The van der Waals surface area contributed by atoms with Crippen LogP contribution in [-0.4, -0.2) is 5.91 Å². The Morgan fingerprint density at radius 3 is 2.62 bits per heavy atom. The molecule has 1 amide bonds. The zero-order chi connectivity index (χ0) is 17.6. The Morgan fingerprint density at radius 1 is 1.15 bits per heavy atom. The molecule has 0 aliphatic heterocycles. The summed E-state index contributed by atoms with van der Waals surface area (Å²) in [5.41, 5.74) is 8.88. The van der Waals surface area contributed by atoms with E-state index in [0.29, 0.717) is 6.42 Å². The standard InChI is InChI=1S/C20H20F2N2O.ClH/c21-16-4-2-5-17(22)19(16)14-10-15(14)20(25)24-18-6-1-3-11-9-12(23)7-8-13(11)18;/h2,4-5,7-9,14-15,18H,1,3,6,10,23H2,(H,24,25);1H. The molecule has 3 nitrogen and oxygen atoms in total. The number of hydrogen-bond donors (Lipinski definition) is 2. The zero-order valence-electron chi connectivity index (χ0n) is 14.2. The lowest BCUT2D eigenvalue weighted by Gasteiger charge is -2.26. The van der Waals surface area contributed by atoms with Crippen LogP contribution >= 0.6 is 12.4 Å². The first-order chi connectivity index (χ1) is 12.0. The van der Waals surface area contributed by atoms with Crippen molar-refractivity contribution >= 4 is 24.0 Å². The fourth-order valence-corrected chi connectivity index (χ4v) is 3.93. The van der Waals surface area contributed by atoms with Crippen molar-refractivity contribution in [1.29, 1.82) is 0 Å². The number of benzene rings is 2. The zero-order valence-corrected chi connectivity index (χ0v) is 15.0. The van der Waals surface area contributed by atoms with E-state index in [1.807, 2.05) is 18.2 Å². The highest BCUT2D eigenvalue weighted by Crippen LogP contribution is 2.49. The molecule has 3 atom stereocenters. The Balaban J connectivity index is 0.00000196. The molecule has 1 fully saturated rings. The van der Waals surface area contributed by atoms with E-state index in [9.17, 15) is 13.6 Å². The van der Waals surface area contributed by atoms with Crippen molar-refractivity contribution in [2.75, 3.05) is 5.73 Å². The second-order valence-electron chi connectivity index (χ2n) is 7.00. The van der Waals surface area contributed by atoms with E-state index in [0.717, 1.165) is 30.5 Å². The second-order valence-corrected chi connectivity index (χ2v) is 7.00. The topological polar surface area (TPSA) is 55.1 Å². The maximum atomic E-state index is 13.9. The summed E-state index contributed by atoms with van der Waals surface area (Å²) >= 11 is 0. The number of rotatable bonds is 3. The molecular formula is C20H21ClF2N2O. The smallest absolute Gasteiger partial charge is 0.224 e. The van der Waals surface area contributed by atoms with E-state index < -0.39 is 11.6 Å². The van der Waals surface area contributed by atoms with Crippen LogP contribution in [0.3, 0.4) is 0 Å². The van der Waals surface area contributed by atoms with Crippen molar-refractivity contribution in [2.45, 2.75) is 37.6 Å². The predicted octanol–water partition coefficient (Wildman–Crippen LogP) is 4.27. The molecule has 2 aliphatic rings. The largest absolute Gasteiger partial charge is 0.399 e. The van der Waals surface area contributed by atoms with Gasteiger partial charge in [0, 0.05) is 23.1 Å². The van der Waals surface area contributed by atoms with Gasteiger partial charge in [-0.05, 0) is 61.1 Å². The third-order valence-corrected chi connectivity index (χ3v) is 5.30. The highest BCUT2D eigenvalue weighted by atomic mass is 35.5. The van der Waals surface area contributed by atoms with E-state index in [2.05, 4.69) is 5.32 Å². The molecule has 4 rings (SSSR count). The Kier molecular flexibility index (Phi) is 5.19. The lowest BCUT2D eigenvalue weighted by Crippen LogP contribution is -2.32. The molecule has 0 aromatic heterocycles. The number of carbonyl (C=O) groups excluding carboxylic acids is 1. The average Bonchev–Trinajstić information content (AvgIpc) is 3.35. The highest BCUT2D eigenvalue weighted by molar-refractivity contribution is 5.85. The van der Waals surface area contributed by atoms with Gasteiger partial charge in [-0.25, -0.2) is 8.78 Å². The van der Waals surface area contributed by atoms with Crippen molar-refractivity contribution in [3.05, 3.63) is 64.7 Å². The fraction of sp³-hybridized carbons (Fsp3) is 0.350. The summed E-state index contributed by atoms with van der Waals surface area (Å²) in [6.07, 6.45) is 3.30. The van der Waals surface area contributed by atoms with E-state index in [1.54, 1.807) is 0 Å². The monoisotopic (exact) mass is 378 g/mol. The van der Waals surface area contributed by atoms with Crippen molar-refractivity contribution in [3.8, 4) is 0 Å². The van der Waals surface area contributed by atoms with Gasteiger partial charge in [0.25, 0.3) is 0 Å². The Labute approximate surface area is 157 Å². The first-order valence-electron chi connectivity index (χ1n) is 8.67. The molecule has 6 heteroatoms. The maximum Gasteiger partial charge on any atom is 0.224 e. The minimum atomic E-state index is -0.571. The van der Waals surface area contributed by atoms with Crippen LogP contribution < -0.4 is 11.1 Å². The number of halogens is 3. The molecule has 3 unspecified atom stereocenters. The molecule has 2 aromatic rings. The third-order valence-electron chi connectivity index (χ3n) is 5.30. The number of aryl methyl sites for hydroxylation is 1. The van der Waals surface area contributed by atoms with Gasteiger partial charge in [-0.3, -0.25) is 4.79 Å². The normalized spacial score (nSPS) is 23.5. The van der Waals surface area contributed by atoms with Gasteiger partial charge in [0.05, 0.1) is 6.04 Å². The van der Waals surface area contributed by atoms with Crippen molar-refractivity contribution in [2.24, 2.45) is 5.92 Å². The van der Waals surface area contributed by atoms with Gasteiger partial charge >= 0.3 is 0 Å². The SMILES string of the molecule is Cl.Nc1ccc2c(c1)CCCC2NC(=O)C1CC1c1c(F)cccc1F. The molecule has 0 radical (unpaired) electrons.